The van der Waals surface area contributed by atoms with Gasteiger partial charge in [0, 0.05) is 6.04 Å². The highest BCUT2D eigenvalue weighted by molar-refractivity contribution is 6.42. The topological polar surface area (TPSA) is 26.0 Å². The Morgan fingerprint density at radius 1 is 1.38 bits per heavy atom. The van der Waals surface area contributed by atoms with E-state index in [0.717, 1.165) is 18.4 Å². The Morgan fingerprint density at radius 2 is 2.08 bits per heavy atom. The summed E-state index contributed by atoms with van der Waals surface area (Å²) >= 11 is 11.9. The molecule has 0 saturated carbocycles. The first kappa shape index (κ1) is 10.8. The van der Waals surface area contributed by atoms with Crippen LogP contribution < -0.4 is 5.73 Å². The van der Waals surface area contributed by atoms with Crippen LogP contribution >= 0.6 is 23.2 Å². The molecule has 0 aliphatic heterocycles. The summed E-state index contributed by atoms with van der Waals surface area (Å²) in [6.07, 6.45) is 1.82. The van der Waals surface area contributed by atoms with Crippen LogP contribution in [-0.4, -0.2) is 6.04 Å². The molecule has 1 rings (SSSR count). The van der Waals surface area contributed by atoms with Gasteiger partial charge in [-0.2, -0.15) is 0 Å². The van der Waals surface area contributed by atoms with Crippen molar-refractivity contribution in [2.75, 3.05) is 0 Å². The van der Waals surface area contributed by atoms with Gasteiger partial charge in [0.05, 0.1) is 10.0 Å². The minimum absolute atomic E-state index is 0.204. The van der Waals surface area contributed by atoms with Crippen molar-refractivity contribution in [3.05, 3.63) is 33.8 Å². The van der Waals surface area contributed by atoms with Crippen molar-refractivity contribution in [1.29, 1.82) is 0 Å². The number of aryl methyl sites for hydroxylation is 1. The monoisotopic (exact) mass is 217 g/mol. The number of halogens is 2. The summed E-state index contributed by atoms with van der Waals surface area (Å²) in [6.45, 7) is 1.98. The zero-order chi connectivity index (χ0) is 9.84. The second-order valence-electron chi connectivity index (χ2n) is 3.23. The van der Waals surface area contributed by atoms with E-state index in [9.17, 15) is 0 Å². The van der Waals surface area contributed by atoms with Gasteiger partial charge in [0.1, 0.15) is 0 Å². The summed E-state index contributed by atoms with van der Waals surface area (Å²) in [5, 5.41) is 1.27. The lowest BCUT2D eigenvalue weighted by atomic mass is 10.1. The van der Waals surface area contributed by atoms with Crippen LogP contribution in [0.4, 0.5) is 0 Å². The maximum absolute atomic E-state index is 6.00. The molecule has 0 aromatic heterocycles. The minimum atomic E-state index is 0.204. The van der Waals surface area contributed by atoms with Crippen LogP contribution in [0.25, 0.3) is 0 Å². The zero-order valence-corrected chi connectivity index (χ0v) is 9.07. The van der Waals surface area contributed by atoms with Crippen LogP contribution in [0.3, 0.4) is 0 Å². The van der Waals surface area contributed by atoms with Crippen LogP contribution in [0, 0.1) is 0 Å². The van der Waals surface area contributed by atoms with Crippen LogP contribution in [0.15, 0.2) is 18.2 Å². The average Bonchev–Trinajstić information content (AvgIpc) is 2.07. The van der Waals surface area contributed by atoms with Gasteiger partial charge in [0.25, 0.3) is 0 Å². The summed E-state index contributed by atoms with van der Waals surface area (Å²) < 4.78 is 0. The molecule has 1 atom stereocenters. The second kappa shape index (κ2) is 4.85. The van der Waals surface area contributed by atoms with E-state index in [1.807, 2.05) is 19.1 Å². The van der Waals surface area contributed by atoms with E-state index in [2.05, 4.69) is 0 Å². The number of benzene rings is 1. The molecule has 0 spiro atoms. The first-order valence-electron chi connectivity index (χ1n) is 4.29. The Kier molecular flexibility index (Phi) is 4.04. The molecule has 1 aromatic rings. The molecule has 0 radical (unpaired) electrons. The highest BCUT2D eigenvalue weighted by Crippen LogP contribution is 2.26. The number of rotatable bonds is 3. The third-order valence-corrected chi connectivity index (χ3v) is 2.76. The first-order chi connectivity index (χ1) is 6.11. The van der Waals surface area contributed by atoms with E-state index >= 15 is 0 Å². The SMILES string of the molecule is C[C@H](N)CCc1cccc(Cl)c1Cl. The molecule has 0 aliphatic carbocycles. The summed E-state index contributed by atoms with van der Waals surface area (Å²) in [5.74, 6) is 0. The van der Waals surface area contributed by atoms with Gasteiger partial charge in [-0.1, -0.05) is 35.3 Å². The molecule has 0 heterocycles. The summed E-state index contributed by atoms with van der Waals surface area (Å²) in [6, 6.07) is 5.88. The molecule has 0 bridgehead atoms. The van der Waals surface area contributed by atoms with Crippen molar-refractivity contribution in [3.8, 4) is 0 Å². The molecular formula is C10H13Cl2N. The van der Waals surface area contributed by atoms with Crippen molar-refractivity contribution in [1.82, 2.24) is 0 Å². The average molecular weight is 218 g/mol. The second-order valence-corrected chi connectivity index (χ2v) is 4.01. The van der Waals surface area contributed by atoms with Gasteiger partial charge < -0.3 is 5.73 Å². The molecule has 3 heteroatoms. The largest absolute Gasteiger partial charge is 0.328 e. The summed E-state index contributed by atoms with van der Waals surface area (Å²) in [4.78, 5) is 0. The van der Waals surface area contributed by atoms with Gasteiger partial charge in [-0.3, -0.25) is 0 Å². The van der Waals surface area contributed by atoms with Crippen molar-refractivity contribution in [2.24, 2.45) is 5.73 Å². The van der Waals surface area contributed by atoms with Gasteiger partial charge in [-0.15, -0.1) is 0 Å². The Balaban J connectivity index is 2.71. The molecule has 0 fully saturated rings. The number of hydrogen-bond acceptors (Lipinski definition) is 1. The molecule has 0 unspecified atom stereocenters. The lowest BCUT2D eigenvalue weighted by Crippen LogP contribution is -2.15. The predicted molar refractivity (Wildman–Crippen MR) is 58.4 cm³/mol. The summed E-state index contributed by atoms with van der Waals surface area (Å²) in [7, 11) is 0. The van der Waals surface area contributed by atoms with Gasteiger partial charge in [-0.25, -0.2) is 0 Å². The lowest BCUT2D eigenvalue weighted by molar-refractivity contribution is 0.666. The minimum Gasteiger partial charge on any atom is -0.328 e. The maximum Gasteiger partial charge on any atom is 0.0624 e. The van der Waals surface area contributed by atoms with E-state index < -0.39 is 0 Å². The van der Waals surface area contributed by atoms with E-state index in [1.165, 1.54) is 0 Å². The fourth-order valence-electron chi connectivity index (χ4n) is 1.12. The normalized spacial score (nSPS) is 12.9. The highest BCUT2D eigenvalue weighted by atomic mass is 35.5. The third-order valence-electron chi connectivity index (χ3n) is 1.90. The van der Waals surface area contributed by atoms with E-state index in [1.54, 1.807) is 6.07 Å². The number of nitrogens with two attached hydrogens (primary N) is 1. The van der Waals surface area contributed by atoms with Crippen LogP contribution in [0.1, 0.15) is 18.9 Å². The molecule has 13 heavy (non-hydrogen) atoms. The van der Waals surface area contributed by atoms with E-state index in [-0.39, 0.29) is 6.04 Å². The Morgan fingerprint density at radius 3 is 2.69 bits per heavy atom. The Hall–Kier alpha value is -0.240. The van der Waals surface area contributed by atoms with Crippen molar-refractivity contribution < 1.29 is 0 Å². The quantitative estimate of drug-likeness (QED) is 0.827. The van der Waals surface area contributed by atoms with Crippen molar-refractivity contribution in [3.63, 3.8) is 0 Å². The van der Waals surface area contributed by atoms with Gasteiger partial charge >= 0.3 is 0 Å². The van der Waals surface area contributed by atoms with Crippen LogP contribution in [0.2, 0.25) is 10.0 Å². The fraction of sp³-hybridized carbons (Fsp3) is 0.400. The molecular weight excluding hydrogens is 205 g/mol. The molecule has 1 nitrogen and oxygen atoms in total. The van der Waals surface area contributed by atoms with Crippen molar-refractivity contribution in [2.45, 2.75) is 25.8 Å². The third kappa shape index (κ3) is 3.18. The Labute approximate surface area is 88.8 Å². The first-order valence-corrected chi connectivity index (χ1v) is 5.05. The molecule has 2 N–H and O–H groups in total. The molecule has 0 aliphatic rings. The molecule has 72 valence electrons. The molecule has 0 saturated heterocycles. The molecule has 0 amide bonds. The van der Waals surface area contributed by atoms with Crippen LogP contribution in [0.5, 0.6) is 0 Å². The van der Waals surface area contributed by atoms with Gasteiger partial charge in [-0.05, 0) is 31.4 Å². The Bertz CT molecular complexity index is 284. The maximum atomic E-state index is 6.00. The zero-order valence-electron chi connectivity index (χ0n) is 7.56. The van der Waals surface area contributed by atoms with Gasteiger partial charge in [0.15, 0.2) is 0 Å². The lowest BCUT2D eigenvalue weighted by Gasteiger charge is -2.07. The highest BCUT2D eigenvalue weighted by Gasteiger charge is 2.04. The summed E-state index contributed by atoms with van der Waals surface area (Å²) in [5.41, 5.74) is 6.73. The smallest absolute Gasteiger partial charge is 0.0624 e. The van der Waals surface area contributed by atoms with Crippen molar-refractivity contribution >= 4 is 23.2 Å². The van der Waals surface area contributed by atoms with E-state index in [0.29, 0.717) is 10.0 Å². The standard InChI is InChI=1S/C10H13Cl2N/c1-7(13)5-6-8-3-2-4-9(11)10(8)12/h2-4,7H,5-6,13H2,1H3/t7-/m0/s1. The van der Waals surface area contributed by atoms with Gasteiger partial charge in [0.2, 0.25) is 0 Å². The number of hydrogen-bond donors (Lipinski definition) is 1. The van der Waals surface area contributed by atoms with E-state index in [4.69, 9.17) is 28.9 Å². The predicted octanol–water partition coefficient (Wildman–Crippen LogP) is 3.27. The fourth-order valence-corrected chi connectivity index (χ4v) is 1.54. The molecule has 1 aromatic carbocycles. The van der Waals surface area contributed by atoms with Crippen LogP contribution in [-0.2, 0) is 6.42 Å².